The predicted octanol–water partition coefficient (Wildman–Crippen LogP) is 2.50. The van der Waals surface area contributed by atoms with Crippen LogP contribution in [0.5, 0.6) is 0 Å². The Bertz CT molecular complexity index is 1100. The number of hydrogen-bond acceptors (Lipinski definition) is 6. The number of carbonyl (C=O) groups is 2. The number of benzene rings is 1. The minimum absolute atomic E-state index is 0.0266. The second kappa shape index (κ2) is 8.88. The first-order valence-electron chi connectivity index (χ1n) is 12.1. The largest absolute Gasteiger partial charge is 0.367 e. The van der Waals surface area contributed by atoms with Gasteiger partial charge in [-0.05, 0) is 63.8 Å². The van der Waals surface area contributed by atoms with Crippen LogP contribution in [0.4, 0.5) is 5.69 Å². The molecule has 184 valence electrons. The predicted molar refractivity (Wildman–Crippen MR) is 129 cm³/mol. The van der Waals surface area contributed by atoms with Gasteiger partial charge in [-0.15, -0.1) is 0 Å². The molecule has 3 aliphatic rings. The molecule has 0 bridgehead atoms. The third kappa shape index (κ3) is 4.92. The molecule has 2 saturated carbocycles. The lowest BCUT2D eigenvalue weighted by Crippen LogP contribution is -2.63. The van der Waals surface area contributed by atoms with Crippen molar-refractivity contribution < 1.29 is 18.0 Å². The van der Waals surface area contributed by atoms with Crippen LogP contribution in [0.25, 0.3) is 0 Å². The number of carbonyl (C=O) groups excluding carboxylic acids is 2. The second-order valence-corrected chi connectivity index (χ2v) is 12.7. The van der Waals surface area contributed by atoms with E-state index in [0.29, 0.717) is 45.3 Å². The van der Waals surface area contributed by atoms with E-state index in [1.807, 2.05) is 30.9 Å². The van der Waals surface area contributed by atoms with Crippen molar-refractivity contribution in [2.24, 2.45) is 11.8 Å². The van der Waals surface area contributed by atoms with Gasteiger partial charge in [0.25, 0.3) is 0 Å². The molecule has 1 aliphatic heterocycles. The molecule has 1 heterocycles. The first kappa shape index (κ1) is 24.5. The molecular weight excluding hydrogens is 452 g/mol. The zero-order chi connectivity index (χ0) is 24.7. The van der Waals surface area contributed by atoms with Crippen LogP contribution in [-0.2, 0) is 19.4 Å². The topological polar surface area (TPSA) is 111 Å². The zero-order valence-corrected chi connectivity index (χ0v) is 21.0. The summed E-state index contributed by atoms with van der Waals surface area (Å²) in [7, 11) is -3.25. The highest BCUT2D eigenvalue weighted by atomic mass is 32.2. The summed E-state index contributed by atoms with van der Waals surface area (Å²) >= 11 is 0. The highest BCUT2D eigenvalue weighted by molar-refractivity contribution is 7.90. The third-order valence-corrected chi connectivity index (χ3v) is 8.67. The number of nitriles is 1. The maximum atomic E-state index is 13.7. The van der Waals surface area contributed by atoms with E-state index in [9.17, 15) is 23.3 Å². The molecule has 1 unspecified atom stereocenters. The van der Waals surface area contributed by atoms with Gasteiger partial charge in [0.1, 0.15) is 5.54 Å². The molecule has 4 rings (SSSR count). The van der Waals surface area contributed by atoms with Crippen molar-refractivity contribution in [3.05, 3.63) is 24.3 Å². The van der Waals surface area contributed by atoms with Gasteiger partial charge in [0.15, 0.2) is 9.84 Å². The van der Waals surface area contributed by atoms with Crippen LogP contribution >= 0.6 is 0 Å². The van der Waals surface area contributed by atoms with Gasteiger partial charge in [-0.1, -0.05) is 12.8 Å². The smallest absolute Gasteiger partial charge is 0.227 e. The summed E-state index contributed by atoms with van der Waals surface area (Å²) < 4.78 is 23.5. The minimum atomic E-state index is -3.25. The van der Waals surface area contributed by atoms with Crippen LogP contribution in [0.3, 0.4) is 0 Å². The number of nitrogens with one attached hydrogen (secondary N) is 1. The summed E-state index contributed by atoms with van der Waals surface area (Å²) in [6, 6.07) is 9.08. The Kier molecular flexibility index (Phi) is 6.40. The number of piperazine rings is 1. The Morgan fingerprint density at radius 2 is 1.68 bits per heavy atom. The lowest BCUT2D eigenvalue weighted by molar-refractivity contribution is -0.148. The SMILES string of the molecule is CC1(C)CN(c2ccc(S(C)(=O)=O)cc2)CCN1C(=O)C1CCCC[C@H]1C(=O)NC1(C#N)CC1. The summed E-state index contributed by atoms with van der Waals surface area (Å²) in [6.07, 6.45) is 5.77. The van der Waals surface area contributed by atoms with E-state index in [0.717, 1.165) is 18.5 Å². The second-order valence-electron chi connectivity index (χ2n) is 10.7. The van der Waals surface area contributed by atoms with Crippen molar-refractivity contribution in [1.82, 2.24) is 10.2 Å². The van der Waals surface area contributed by atoms with E-state index in [4.69, 9.17) is 0 Å². The van der Waals surface area contributed by atoms with Gasteiger partial charge in [-0.25, -0.2) is 8.42 Å². The molecule has 0 spiro atoms. The van der Waals surface area contributed by atoms with Gasteiger partial charge in [0.2, 0.25) is 11.8 Å². The maximum absolute atomic E-state index is 13.7. The van der Waals surface area contributed by atoms with E-state index in [2.05, 4.69) is 16.3 Å². The first-order chi connectivity index (χ1) is 16.0. The number of amides is 2. The van der Waals surface area contributed by atoms with Crippen LogP contribution < -0.4 is 10.2 Å². The van der Waals surface area contributed by atoms with Gasteiger partial charge < -0.3 is 15.1 Å². The molecule has 2 atom stereocenters. The van der Waals surface area contributed by atoms with Crippen molar-refractivity contribution >= 4 is 27.3 Å². The number of rotatable bonds is 5. The number of sulfone groups is 1. The third-order valence-electron chi connectivity index (χ3n) is 7.54. The van der Waals surface area contributed by atoms with Crippen LogP contribution in [0.1, 0.15) is 52.4 Å². The normalized spacial score (nSPS) is 25.8. The first-order valence-corrected chi connectivity index (χ1v) is 13.9. The molecule has 3 fully saturated rings. The molecule has 1 aromatic rings. The Labute approximate surface area is 202 Å². The van der Waals surface area contributed by atoms with Gasteiger partial charge in [0.05, 0.1) is 16.5 Å². The maximum Gasteiger partial charge on any atom is 0.227 e. The summed E-state index contributed by atoms with van der Waals surface area (Å²) in [5.74, 6) is -0.870. The van der Waals surface area contributed by atoms with Gasteiger partial charge >= 0.3 is 0 Å². The number of anilines is 1. The standard InChI is InChI=1S/C25H34N4O4S/c1-24(2)17-28(18-8-10-19(11-9-18)34(3,32)33)14-15-29(24)23(31)21-7-5-4-6-20(21)22(30)27-25(16-26)12-13-25/h8-11,20-21H,4-7,12-15,17H2,1-3H3,(H,27,30)/t20-,21?/m1/s1. The summed E-state index contributed by atoms with van der Waals surface area (Å²) in [6.45, 7) is 5.85. The molecule has 1 saturated heterocycles. The van der Waals surface area contributed by atoms with E-state index in [-0.39, 0.29) is 28.5 Å². The van der Waals surface area contributed by atoms with Crippen molar-refractivity contribution in [2.75, 3.05) is 30.8 Å². The number of nitrogens with zero attached hydrogens (tertiary/aromatic N) is 3. The molecule has 2 aliphatic carbocycles. The van der Waals surface area contributed by atoms with E-state index in [1.54, 1.807) is 12.1 Å². The van der Waals surface area contributed by atoms with Crippen molar-refractivity contribution in [1.29, 1.82) is 5.26 Å². The zero-order valence-electron chi connectivity index (χ0n) is 20.2. The summed E-state index contributed by atoms with van der Waals surface area (Å²) in [4.78, 5) is 31.1. The van der Waals surface area contributed by atoms with E-state index >= 15 is 0 Å². The van der Waals surface area contributed by atoms with E-state index < -0.39 is 20.9 Å². The molecule has 1 N–H and O–H groups in total. The molecule has 0 radical (unpaired) electrons. The van der Waals surface area contributed by atoms with Crippen molar-refractivity contribution in [3.63, 3.8) is 0 Å². The highest BCUT2D eigenvalue weighted by Crippen LogP contribution is 2.38. The van der Waals surface area contributed by atoms with Crippen LogP contribution in [-0.4, -0.2) is 62.1 Å². The molecule has 1 aromatic carbocycles. The van der Waals surface area contributed by atoms with Crippen LogP contribution in [0.15, 0.2) is 29.2 Å². The van der Waals surface area contributed by atoms with Crippen LogP contribution in [0, 0.1) is 23.2 Å². The molecular formula is C25H34N4O4S. The fourth-order valence-corrected chi connectivity index (χ4v) is 5.98. The quantitative estimate of drug-likeness (QED) is 0.685. The molecule has 8 nitrogen and oxygen atoms in total. The Morgan fingerprint density at radius 1 is 1.06 bits per heavy atom. The Balaban J connectivity index is 1.46. The summed E-state index contributed by atoms with van der Waals surface area (Å²) in [5, 5.41) is 12.3. The summed E-state index contributed by atoms with van der Waals surface area (Å²) in [5.41, 5.74) is -0.249. The molecule has 2 amide bonds. The Morgan fingerprint density at radius 3 is 2.21 bits per heavy atom. The van der Waals surface area contributed by atoms with Crippen molar-refractivity contribution in [3.8, 4) is 6.07 Å². The van der Waals surface area contributed by atoms with Gasteiger partial charge in [0, 0.05) is 43.4 Å². The van der Waals surface area contributed by atoms with Gasteiger partial charge in [-0.3, -0.25) is 9.59 Å². The fraction of sp³-hybridized carbons (Fsp3) is 0.640. The molecule has 9 heteroatoms. The van der Waals surface area contributed by atoms with Gasteiger partial charge in [-0.2, -0.15) is 5.26 Å². The highest BCUT2D eigenvalue weighted by Gasteiger charge is 2.48. The lowest BCUT2D eigenvalue weighted by atomic mass is 9.77. The van der Waals surface area contributed by atoms with Crippen molar-refractivity contribution in [2.45, 2.75) is 68.3 Å². The Hall–Kier alpha value is -2.60. The average Bonchev–Trinajstić information content (AvgIpc) is 3.57. The molecule has 34 heavy (non-hydrogen) atoms. The monoisotopic (exact) mass is 486 g/mol. The fourth-order valence-electron chi connectivity index (χ4n) is 5.35. The minimum Gasteiger partial charge on any atom is -0.367 e. The molecule has 0 aromatic heterocycles. The average molecular weight is 487 g/mol. The van der Waals surface area contributed by atoms with Crippen LogP contribution in [0.2, 0.25) is 0 Å². The number of hydrogen-bond donors (Lipinski definition) is 1. The lowest BCUT2D eigenvalue weighted by Gasteiger charge is -2.49. The van der Waals surface area contributed by atoms with E-state index in [1.165, 1.54) is 6.26 Å².